The van der Waals surface area contributed by atoms with Crippen LogP contribution < -0.4 is 9.47 Å². The van der Waals surface area contributed by atoms with Gasteiger partial charge in [0.2, 0.25) is 0 Å². The molecule has 0 bridgehead atoms. The molecule has 0 saturated carbocycles. The molecule has 7 heteroatoms. The van der Waals surface area contributed by atoms with E-state index in [9.17, 15) is 5.11 Å². The summed E-state index contributed by atoms with van der Waals surface area (Å²) in [5.74, 6) is 2.26. The summed E-state index contributed by atoms with van der Waals surface area (Å²) >= 11 is 0. The summed E-state index contributed by atoms with van der Waals surface area (Å²) in [5, 5.41) is 10.5. The summed E-state index contributed by atoms with van der Waals surface area (Å²) in [6.45, 7) is 8.90. The van der Waals surface area contributed by atoms with Gasteiger partial charge in [-0.1, -0.05) is 6.07 Å². The smallest absolute Gasteiger partial charge is 0.127 e. The van der Waals surface area contributed by atoms with Gasteiger partial charge in [-0.05, 0) is 45.0 Å². The first-order valence-electron chi connectivity index (χ1n) is 11.2. The van der Waals surface area contributed by atoms with Crippen LogP contribution in [0, 0.1) is 5.92 Å². The molecule has 1 aromatic rings. The van der Waals surface area contributed by atoms with Crippen LogP contribution in [0.25, 0.3) is 0 Å². The van der Waals surface area contributed by atoms with Crippen molar-refractivity contribution in [3.8, 4) is 11.5 Å². The summed E-state index contributed by atoms with van der Waals surface area (Å²) < 4.78 is 16.8. The van der Waals surface area contributed by atoms with Crippen molar-refractivity contribution in [1.82, 2.24) is 14.7 Å². The van der Waals surface area contributed by atoms with E-state index in [0.717, 1.165) is 69.5 Å². The molecule has 0 aromatic heterocycles. The molecule has 2 saturated heterocycles. The van der Waals surface area contributed by atoms with Gasteiger partial charge in [-0.3, -0.25) is 9.80 Å². The van der Waals surface area contributed by atoms with Crippen molar-refractivity contribution < 1.29 is 19.3 Å². The van der Waals surface area contributed by atoms with E-state index >= 15 is 0 Å². The van der Waals surface area contributed by atoms with Gasteiger partial charge in [-0.15, -0.1) is 0 Å². The van der Waals surface area contributed by atoms with Crippen LogP contribution in [-0.4, -0.2) is 106 Å². The Labute approximate surface area is 181 Å². The predicted molar refractivity (Wildman–Crippen MR) is 118 cm³/mol. The molecule has 0 spiro atoms. The molecule has 2 fully saturated rings. The van der Waals surface area contributed by atoms with Gasteiger partial charge in [-0.25, -0.2) is 0 Å². The lowest BCUT2D eigenvalue weighted by Crippen LogP contribution is -2.47. The fourth-order valence-corrected chi connectivity index (χ4v) is 4.28. The summed E-state index contributed by atoms with van der Waals surface area (Å²) in [6.07, 6.45) is 1.84. The van der Waals surface area contributed by atoms with Crippen molar-refractivity contribution in [3.63, 3.8) is 0 Å². The lowest BCUT2D eigenvalue weighted by atomic mass is 9.97. The SMILES string of the molecule is COCC1CCN(Cc2ccc(OC)cc2OCC(O)CN2CCN(C)CC2)CC1. The van der Waals surface area contributed by atoms with E-state index in [1.807, 2.05) is 12.1 Å². The number of aliphatic hydroxyl groups excluding tert-OH is 1. The molecule has 3 rings (SSSR count). The maximum absolute atomic E-state index is 10.5. The first-order chi connectivity index (χ1) is 14.6. The van der Waals surface area contributed by atoms with Gasteiger partial charge in [0.1, 0.15) is 24.2 Å². The second-order valence-corrected chi connectivity index (χ2v) is 8.72. The lowest BCUT2D eigenvalue weighted by Gasteiger charge is -2.33. The number of hydrogen-bond acceptors (Lipinski definition) is 7. The average Bonchev–Trinajstić information content (AvgIpc) is 2.76. The molecular weight excluding hydrogens is 382 g/mol. The molecule has 170 valence electrons. The molecule has 7 nitrogen and oxygen atoms in total. The Hall–Kier alpha value is -1.38. The number of piperazine rings is 1. The number of hydrogen-bond donors (Lipinski definition) is 1. The number of β-amino-alcohol motifs (C(OH)–C–C–N with tert-alkyl or cyclic N) is 1. The van der Waals surface area contributed by atoms with Crippen LogP contribution in [0.2, 0.25) is 0 Å². The van der Waals surface area contributed by atoms with Crippen LogP contribution in [0.4, 0.5) is 0 Å². The molecule has 30 heavy (non-hydrogen) atoms. The molecule has 1 unspecified atom stereocenters. The van der Waals surface area contributed by atoms with Gasteiger partial charge < -0.3 is 24.2 Å². The summed E-state index contributed by atoms with van der Waals surface area (Å²) in [5.41, 5.74) is 1.15. The van der Waals surface area contributed by atoms with Crippen LogP contribution >= 0.6 is 0 Å². The van der Waals surface area contributed by atoms with E-state index in [2.05, 4.69) is 27.8 Å². The Bertz CT molecular complexity index is 629. The van der Waals surface area contributed by atoms with E-state index in [1.165, 1.54) is 12.8 Å². The fraction of sp³-hybridized carbons (Fsp3) is 0.739. The summed E-state index contributed by atoms with van der Waals surface area (Å²) in [6, 6.07) is 6.01. The van der Waals surface area contributed by atoms with E-state index in [0.29, 0.717) is 19.1 Å². The Morgan fingerprint density at radius 2 is 1.77 bits per heavy atom. The van der Waals surface area contributed by atoms with Crippen molar-refractivity contribution >= 4 is 0 Å². The molecule has 0 amide bonds. The van der Waals surface area contributed by atoms with Crippen molar-refractivity contribution in [2.24, 2.45) is 5.92 Å². The number of benzene rings is 1. The van der Waals surface area contributed by atoms with E-state index in [4.69, 9.17) is 14.2 Å². The van der Waals surface area contributed by atoms with Crippen molar-refractivity contribution in [2.75, 3.05) is 80.3 Å². The number of piperidine rings is 1. The Morgan fingerprint density at radius 3 is 2.43 bits per heavy atom. The highest BCUT2D eigenvalue weighted by Crippen LogP contribution is 2.28. The van der Waals surface area contributed by atoms with E-state index in [1.54, 1.807) is 14.2 Å². The number of nitrogens with zero attached hydrogens (tertiary/aromatic N) is 3. The lowest BCUT2D eigenvalue weighted by molar-refractivity contribution is 0.0497. The van der Waals surface area contributed by atoms with Gasteiger partial charge >= 0.3 is 0 Å². The normalized spacial score (nSPS) is 20.9. The molecule has 0 aliphatic carbocycles. The number of ether oxygens (including phenoxy) is 3. The molecule has 2 heterocycles. The highest BCUT2D eigenvalue weighted by molar-refractivity contribution is 5.40. The number of likely N-dealkylation sites (tertiary alicyclic amines) is 1. The predicted octanol–water partition coefficient (Wildman–Crippen LogP) is 1.54. The summed E-state index contributed by atoms with van der Waals surface area (Å²) in [4.78, 5) is 7.10. The molecular formula is C23H39N3O4. The second kappa shape index (κ2) is 11.9. The molecule has 1 N–H and O–H groups in total. The number of likely N-dealkylation sites (N-methyl/N-ethyl adjacent to an activating group) is 1. The van der Waals surface area contributed by atoms with E-state index in [-0.39, 0.29) is 0 Å². The van der Waals surface area contributed by atoms with Gasteiger partial charge in [0.05, 0.1) is 7.11 Å². The third-order valence-corrected chi connectivity index (χ3v) is 6.27. The number of aliphatic hydroxyl groups is 1. The Balaban J connectivity index is 1.53. The van der Waals surface area contributed by atoms with Crippen molar-refractivity contribution in [2.45, 2.75) is 25.5 Å². The maximum Gasteiger partial charge on any atom is 0.127 e. The highest BCUT2D eigenvalue weighted by atomic mass is 16.5. The Kier molecular flexibility index (Phi) is 9.21. The zero-order valence-corrected chi connectivity index (χ0v) is 18.9. The monoisotopic (exact) mass is 421 g/mol. The second-order valence-electron chi connectivity index (χ2n) is 8.72. The third kappa shape index (κ3) is 7.10. The minimum absolute atomic E-state index is 0.294. The molecule has 2 aliphatic rings. The fourth-order valence-electron chi connectivity index (χ4n) is 4.28. The van der Waals surface area contributed by atoms with Crippen LogP contribution in [0.5, 0.6) is 11.5 Å². The van der Waals surface area contributed by atoms with Crippen LogP contribution in [-0.2, 0) is 11.3 Å². The van der Waals surface area contributed by atoms with Crippen LogP contribution in [0.15, 0.2) is 18.2 Å². The first-order valence-corrected chi connectivity index (χ1v) is 11.2. The number of methoxy groups -OCH3 is 2. The molecule has 1 atom stereocenters. The first kappa shape index (κ1) is 23.3. The van der Waals surface area contributed by atoms with Gasteiger partial charge in [-0.2, -0.15) is 0 Å². The zero-order chi connectivity index (χ0) is 21.3. The topological polar surface area (TPSA) is 57.6 Å². The quantitative estimate of drug-likeness (QED) is 0.615. The Morgan fingerprint density at radius 1 is 1.03 bits per heavy atom. The highest BCUT2D eigenvalue weighted by Gasteiger charge is 2.21. The van der Waals surface area contributed by atoms with Crippen molar-refractivity contribution in [3.05, 3.63) is 23.8 Å². The minimum Gasteiger partial charge on any atom is -0.497 e. The standard InChI is InChI=1S/C23H39N3O4/c1-24-10-12-26(13-11-24)16-21(27)18-30-23-14-22(29-3)5-4-20(23)15-25-8-6-19(7-9-25)17-28-2/h4-5,14,19,21,27H,6-13,15-18H2,1-3H3. The maximum atomic E-state index is 10.5. The average molecular weight is 422 g/mol. The summed E-state index contributed by atoms with van der Waals surface area (Å²) in [7, 11) is 5.59. The minimum atomic E-state index is -0.503. The van der Waals surface area contributed by atoms with Crippen LogP contribution in [0.3, 0.4) is 0 Å². The molecule has 1 aromatic carbocycles. The zero-order valence-electron chi connectivity index (χ0n) is 18.9. The van der Waals surface area contributed by atoms with Gasteiger partial charge in [0, 0.05) is 64.6 Å². The molecule has 0 radical (unpaired) electrons. The van der Waals surface area contributed by atoms with Crippen LogP contribution in [0.1, 0.15) is 18.4 Å². The third-order valence-electron chi connectivity index (χ3n) is 6.27. The molecule has 2 aliphatic heterocycles. The van der Waals surface area contributed by atoms with E-state index < -0.39 is 6.10 Å². The van der Waals surface area contributed by atoms with Gasteiger partial charge in [0.25, 0.3) is 0 Å². The van der Waals surface area contributed by atoms with Gasteiger partial charge in [0.15, 0.2) is 0 Å². The van der Waals surface area contributed by atoms with Crippen molar-refractivity contribution in [1.29, 1.82) is 0 Å². The number of rotatable bonds is 10. The largest absolute Gasteiger partial charge is 0.497 e.